The van der Waals surface area contributed by atoms with Crippen molar-refractivity contribution in [3.05, 3.63) is 0 Å². The fraction of sp³-hybridized carbons (Fsp3) is 0.952. The molecule has 0 saturated carbocycles. The lowest BCUT2D eigenvalue weighted by Crippen LogP contribution is -2.36. The van der Waals surface area contributed by atoms with Crippen LogP contribution in [-0.2, 0) is 18.1 Å². The van der Waals surface area contributed by atoms with E-state index < -0.39 is 25.0 Å². The van der Waals surface area contributed by atoms with Crippen LogP contribution in [0, 0.1) is 0 Å². The van der Waals surface area contributed by atoms with Crippen molar-refractivity contribution in [2.24, 2.45) is 0 Å². The maximum atomic E-state index is 12.2. The van der Waals surface area contributed by atoms with Gasteiger partial charge in [0.05, 0.1) is 12.5 Å². The first-order chi connectivity index (χ1) is 12.7. The second-order valence-corrected chi connectivity index (χ2v) is 24.3. The summed E-state index contributed by atoms with van der Waals surface area (Å²) in [5.74, 6) is -0.0806. The predicted octanol–water partition coefficient (Wildman–Crippen LogP) is 6.95. The van der Waals surface area contributed by atoms with Crippen LogP contribution in [0.2, 0.25) is 58.9 Å². The van der Waals surface area contributed by atoms with Crippen LogP contribution in [0.4, 0.5) is 0 Å². The second-order valence-electron chi connectivity index (χ2n) is 10.9. The van der Waals surface area contributed by atoms with E-state index in [1.165, 1.54) is 38.5 Å². The molecule has 0 aromatic carbocycles. The van der Waals surface area contributed by atoms with E-state index in [1.807, 2.05) is 0 Å². The lowest BCUT2D eigenvalue weighted by Gasteiger charge is -2.27. The summed E-state index contributed by atoms with van der Waals surface area (Å²) in [7, 11) is -4.82. The minimum Gasteiger partial charge on any atom is -0.520 e. The summed E-state index contributed by atoms with van der Waals surface area (Å²) in [5.41, 5.74) is 0. The van der Waals surface area contributed by atoms with Crippen LogP contribution in [0.5, 0.6) is 0 Å². The molecule has 4 nitrogen and oxygen atoms in total. The van der Waals surface area contributed by atoms with Gasteiger partial charge in [0, 0.05) is 6.61 Å². The molecule has 0 aliphatic carbocycles. The molecule has 0 aromatic rings. The van der Waals surface area contributed by atoms with Gasteiger partial charge in [-0.2, -0.15) is 0 Å². The Kier molecular flexibility index (Phi) is 13.4. The summed E-state index contributed by atoms with van der Waals surface area (Å²) in [6, 6.07) is 0. The summed E-state index contributed by atoms with van der Waals surface area (Å²) < 4.78 is 17.8. The third kappa shape index (κ3) is 20.8. The van der Waals surface area contributed by atoms with Crippen molar-refractivity contribution < 1.29 is 18.1 Å². The largest absolute Gasteiger partial charge is 0.520 e. The molecule has 1 unspecified atom stereocenters. The number of hydrogen-bond donors (Lipinski definition) is 0. The molecule has 0 heterocycles. The highest BCUT2D eigenvalue weighted by molar-refractivity contribution is 6.71. The van der Waals surface area contributed by atoms with Crippen molar-refractivity contribution >= 4 is 30.9 Å². The van der Waals surface area contributed by atoms with Crippen molar-refractivity contribution in [1.82, 2.24) is 0 Å². The van der Waals surface area contributed by atoms with Crippen LogP contribution < -0.4 is 0 Å². The van der Waals surface area contributed by atoms with E-state index in [2.05, 4.69) is 58.9 Å². The fourth-order valence-electron chi connectivity index (χ4n) is 3.01. The first-order valence-corrected chi connectivity index (χ1v) is 21.4. The monoisotopic (exact) mass is 448 g/mol. The Morgan fingerprint density at radius 1 is 0.679 bits per heavy atom. The average Bonchev–Trinajstić information content (AvgIpc) is 2.44. The predicted molar refractivity (Wildman–Crippen MR) is 129 cm³/mol. The van der Waals surface area contributed by atoms with E-state index in [0.717, 1.165) is 19.4 Å². The number of carbonyl (C=O) groups excluding carboxylic acids is 1. The summed E-state index contributed by atoms with van der Waals surface area (Å²) in [6.07, 6.45) is 10.1. The van der Waals surface area contributed by atoms with Gasteiger partial charge in [-0.1, -0.05) is 38.5 Å². The van der Waals surface area contributed by atoms with E-state index in [1.54, 1.807) is 0 Å². The van der Waals surface area contributed by atoms with Gasteiger partial charge >= 0.3 is 0 Å². The molecule has 0 spiro atoms. The van der Waals surface area contributed by atoms with Crippen molar-refractivity contribution in [3.8, 4) is 0 Å². The first-order valence-electron chi connectivity index (χ1n) is 11.2. The molecular formula is C21H48O4Si3. The zero-order valence-electron chi connectivity index (χ0n) is 20.3. The molecular weight excluding hydrogens is 400 g/mol. The number of carbonyl (C=O) groups is 1. The molecule has 0 radical (unpaired) electrons. The van der Waals surface area contributed by atoms with E-state index in [9.17, 15) is 4.79 Å². The van der Waals surface area contributed by atoms with Gasteiger partial charge in [0.15, 0.2) is 16.6 Å². The summed E-state index contributed by atoms with van der Waals surface area (Å²) in [5, 5.41) is 0. The van der Waals surface area contributed by atoms with Gasteiger partial charge in [-0.15, -0.1) is 0 Å². The zero-order valence-corrected chi connectivity index (χ0v) is 23.3. The Labute approximate surface area is 178 Å². The lowest BCUT2D eigenvalue weighted by atomic mass is 10.0. The number of rotatable bonds is 16. The molecule has 0 saturated heterocycles. The van der Waals surface area contributed by atoms with Crippen LogP contribution in [-0.4, -0.2) is 43.6 Å². The van der Waals surface area contributed by atoms with Crippen molar-refractivity contribution in [2.45, 2.75) is 123 Å². The molecule has 7 heteroatoms. The Morgan fingerprint density at radius 2 is 1.18 bits per heavy atom. The highest BCUT2D eigenvalue weighted by atomic mass is 28.4. The molecule has 0 N–H and O–H groups in total. The Hall–Kier alpha value is 0.0406. The molecule has 0 aliphatic rings. The van der Waals surface area contributed by atoms with E-state index in [0.29, 0.717) is 6.42 Å². The normalized spacial score (nSPS) is 14.2. The van der Waals surface area contributed by atoms with Crippen LogP contribution in [0.1, 0.15) is 57.8 Å². The van der Waals surface area contributed by atoms with Gasteiger partial charge in [0.25, 0.3) is 5.97 Å². The van der Waals surface area contributed by atoms with Gasteiger partial charge in [-0.3, -0.25) is 4.79 Å². The second kappa shape index (κ2) is 13.4. The van der Waals surface area contributed by atoms with Gasteiger partial charge in [-0.05, 0) is 71.8 Å². The van der Waals surface area contributed by atoms with Crippen molar-refractivity contribution in [3.63, 3.8) is 0 Å². The molecule has 168 valence electrons. The quantitative estimate of drug-likeness (QED) is 0.189. The van der Waals surface area contributed by atoms with Gasteiger partial charge in [-0.25, -0.2) is 0 Å². The summed E-state index contributed by atoms with van der Waals surface area (Å²) in [4.78, 5) is 12.2. The third-order valence-corrected chi connectivity index (χ3v) is 6.99. The van der Waals surface area contributed by atoms with E-state index >= 15 is 0 Å². The fourth-order valence-corrected chi connectivity index (χ4v) is 5.73. The third-order valence-electron chi connectivity index (χ3n) is 4.04. The maximum Gasteiger partial charge on any atom is 0.295 e. The minimum atomic E-state index is -1.82. The zero-order chi connectivity index (χ0) is 21.8. The summed E-state index contributed by atoms with van der Waals surface area (Å²) in [6.45, 7) is 20.4. The molecule has 0 rings (SSSR count). The van der Waals surface area contributed by atoms with Crippen molar-refractivity contribution in [1.29, 1.82) is 0 Å². The highest BCUT2D eigenvalue weighted by Gasteiger charge is 2.26. The Bertz CT molecular complexity index is 423. The Morgan fingerprint density at radius 3 is 1.64 bits per heavy atom. The standard InChI is InChI=1S/C21H48O4Si3/c1-26(2,3)23-18-16-14-12-10-11-13-15-17-20(24-27(4,5)6)19-21(22)25-28(7,8)9/h20H,10-19H2,1-9H3. The summed E-state index contributed by atoms with van der Waals surface area (Å²) >= 11 is 0. The van der Waals surface area contributed by atoms with Crippen LogP contribution >= 0.6 is 0 Å². The molecule has 1 atom stereocenters. The van der Waals surface area contributed by atoms with Crippen LogP contribution in [0.15, 0.2) is 0 Å². The van der Waals surface area contributed by atoms with Gasteiger partial charge in [0.1, 0.15) is 0 Å². The molecule has 0 aliphatic heterocycles. The van der Waals surface area contributed by atoms with Crippen LogP contribution in [0.25, 0.3) is 0 Å². The highest BCUT2D eigenvalue weighted by Crippen LogP contribution is 2.19. The number of hydrogen-bond acceptors (Lipinski definition) is 4. The average molecular weight is 449 g/mol. The SMILES string of the molecule is C[Si](C)(C)OCCCCCCCCCC(CC(=O)O[Si](C)(C)C)O[Si](C)(C)C. The molecule has 0 bridgehead atoms. The smallest absolute Gasteiger partial charge is 0.295 e. The van der Waals surface area contributed by atoms with Crippen molar-refractivity contribution in [2.75, 3.05) is 6.61 Å². The molecule has 0 amide bonds. The molecule has 28 heavy (non-hydrogen) atoms. The number of unbranched alkanes of at least 4 members (excludes halogenated alkanes) is 6. The topological polar surface area (TPSA) is 44.8 Å². The minimum absolute atomic E-state index is 0.0224. The van der Waals surface area contributed by atoms with Crippen LogP contribution in [0.3, 0.4) is 0 Å². The molecule has 0 fully saturated rings. The first kappa shape index (κ1) is 28.0. The van der Waals surface area contributed by atoms with E-state index in [-0.39, 0.29) is 12.1 Å². The van der Waals surface area contributed by atoms with Gasteiger partial charge in [0.2, 0.25) is 8.32 Å². The Balaban J connectivity index is 3.98. The van der Waals surface area contributed by atoms with E-state index in [4.69, 9.17) is 13.3 Å². The maximum absolute atomic E-state index is 12.2. The lowest BCUT2D eigenvalue weighted by molar-refractivity contribution is -0.137. The molecule has 0 aromatic heterocycles. The van der Waals surface area contributed by atoms with Gasteiger partial charge < -0.3 is 13.3 Å².